The summed E-state index contributed by atoms with van der Waals surface area (Å²) in [6.45, 7) is 0.342. The van der Waals surface area contributed by atoms with Crippen molar-refractivity contribution in [3.05, 3.63) is 131 Å². The van der Waals surface area contributed by atoms with E-state index in [2.05, 4.69) is 0 Å². The maximum absolute atomic E-state index is 13.8. The van der Waals surface area contributed by atoms with Gasteiger partial charge in [-0.25, -0.2) is 18.4 Å². The molecule has 4 aromatic carbocycles. The van der Waals surface area contributed by atoms with Crippen molar-refractivity contribution in [2.75, 3.05) is 13.7 Å². The Hall–Kier alpha value is -4.98. The molecule has 1 aliphatic rings. The minimum atomic E-state index is -1.19. The zero-order valence-electron chi connectivity index (χ0n) is 22.8. The van der Waals surface area contributed by atoms with Crippen molar-refractivity contribution in [2.45, 2.75) is 24.9 Å². The van der Waals surface area contributed by atoms with E-state index in [0.29, 0.717) is 11.1 Å². The van der Waals surface area contributed by atoms with Gasteiger partial charge in [0.25, 0.3) is 0 Å². The lowest BCUT2D eigenvalue weighted by Gasteiger charge is -2.25. The van der Waals surface area contributed by atoms with Crippen LogP contribution in [0.25, 0.3) is 22.0 Å². The standard InChI is InChI=1S/C34H28F2N2O4/c1-37(34(41)42-20-28-26-11-4-2-9-24(26)25-10-3-5-12-27(25)28)32(33(39)40)17-22-19-38(31-13-7-6-8-23(22)31)18-21-14-15-29(35)30(36)16-21/h2-16,19,28,32H,17-18,20H2,1H3,(H,39,40)/t32-/m0/s1. The predicted octanol–water partition coefficient (Wildman–Crippen LogP) is 6.84. The summed E-state index contributed by atoms with van der Waals surface area (Å²) in [5, 5.41) is 10.9. The van der Waals surface area contributed by atoms with Crippen molar-refractivity contribution < 1.29 is 28.2 Å². The number of likely N-dealkylation sites (N-methyl/N-ethyl adjacent to an activating group) is 1. The van der Waals surface area contributed by atoms with Gasteiger partial charge in [-0.3, -0.25) is 4.90 Å². The number of fused-ring (bicyclic) bond motifs is 4. The van der Waals surface area contributed by atoms with Gasteiger partial charge >= 0.3 is 12.1 Å². The van der Waals surface area contributed by atoms with Crippen molar-refractivity contribution >= 4 is 23.0 Å². The third-order valence-corrected chi connectivity index (χ3v) is 8.00. The Morgan fingerprint density at radius 3 is 2.21 bits per heavy atom. The summed E-state index contributed by atoms with van der Waals surface area (Å²) in [4.78, 5) is 26.7. The second-order valence-electron chi connectivity index (χ2n) is 10.5. The number of benzene rings is 4. The number of carboxylic acid groups (broad SMARTS) is 1. The van der Waals surface area contributed by atoms with Crippen molar-refractivity contribution in [1.82, 2.24) is 9.47 Å². The maximum Gasteiger partial charge on any atom is 0.410 e. The van der Waals surface area contributed by atoms with Crippen LogP contribution in [0.1, 0.15) is 28.2 Å². The normalized spacial score (nSPS) is 13.0. The highest BCUT2D eigenvalue weighted by molar-refractivity contribution is 5.86. The molecule has 0 saturated heterocycles. The van der Waals surface area contributed by atoms with Gasteiger partial charge < -0.3 is 14.4 Å². The number of rotatable bonds is 8. The lowest BCUT2D eigenvalue weighted by atomic mass is 9.98. The summed E-state index contributed by atoms with van der Waals surface area (Å²) in [5.74, 6) is -3.16. The number of carbonyl (C=O) groups is 2. The molecule has 6 rings (SSSR count). The SMILES string of the molecule is CN(C(=O)OCC1c2ccccc2-c2ccccc21)[C@@H](Cc1cn(Cc2ccc(F)c(F)c2)c2ccccc12)C(=O)O. The number of nitrogens with zero attached hydrogens (tertiary/aromatic N) is 2. The number of hydrogen-bond acceptors (Lipinski definition) is 3. The molecule has 1 heterocycles. The summed E-state index contributed by atoms with van der Waals surface area (Å²) in [6.07, 6.45) is 1.10. The number of carbonyl (C=O) groups excluding carboxylic acids is 1. The first-order valence-electron chi connectivity index (χ1n) is 13.6. The zero-order valence-corrected chi connectivity index (χ0v) is 22.8. The molecule has 8 heteroatoms. The number of aliphatic carboxylic acids is 1. The molecular formula is C34H28F2N2O4. The molecule has 212 valence electrons. The summed E-state index contributed by atoms with van der Waals surface area (Å²) >= 11 is 0. The number of hydrogen-bond donors (Lipinski definition) is 1. The van der Waals surface area contributed by atoms with Gasteiger partial charge in [-0.2, -0.15) is 0 Å². The summed E-state index contributed by atoms with van der Waals surface area (Å²) < 4.78 is 34.9. The molecule has 6 nitrogen and oxygen atoms in total. The number of amides is 1. The van der Waals surface area contributed by atoms with E-state index >= 15 is 0 Å². The van der Waals surface area contributed by atoms with Crippen molar-refractivity contribution in [3.8, 4) is 11.1 Å². The van der Waals surface area contributed by atoms with E-state index < -0.39 is 29.7 Å². The van der Waals surface area contributed by atoms with Crippen LogP contribution >= 0.6 is 0 Å². The number of ether oxygens (including phenoxy) is 1. The van der Waals surface area contributed by atoms with Crippen molar-refractivity contribution in [2.24, 2.45) is 0 Å². The molecule has 0 spiro atoms. The van der Waals surface area contributed by atoms with Crippen LogP contribution in [0, 0.1) is 11.6 Å². The van der Waals surface area contributed by atoms with Gasteiger partial charge in [-0.05, 0) is 51.6 Å². The average molecular weight is 567 g/mol. The smallest absolute Gasteiger partial charge is 0.410 e. The lowest BCUT2D eigenvalue weighted by Crippen LogP contribution is -2.44. The second-order valence-corrected chi connectivity index (χ2v) is 10.5. The first-order valence-corrected chi connectivity index (χ1v) is 13.6. The Balaban J connectivity index is 1.21. The Labute approximate surface area is 241 Å². The molecule has 42 heavy (non-hydrogen) atoms. The summed E-state index contributed by atoms with van der Waals surface area (Å²) in [7, 11) is 1.43. The first kappa shape index (κ1) is 27.2. The second kappa shape index (κ2) is 11.1. The quantitative estimate of drug-likeness (QED) is 0.223. The Bertz CT molecular complexity index is 1770. The highest BCUT2D eigenvalue weighted by atomic mass is 19.2. The van der Waals surface area contributed by atoms with E-state index in [0.717, 1.165) is 50.2 Å². The lowest BCUT2D eigenvalue weighted by molar-refractivity contribution is -0.142. The number of halogens is 2. The van der Waals surface area contributed by atoms with E-state index in [-0.39, 0.29) is 25.5 Å². The van der Waals surface area contributed by atoms with Crippen LogP contribution in [0.4, 0.5) is 13.6 Å². The zero-order chi connectivity index (χ0) is 29.4. The summed E-state index contributed by atoms with van der Waals surface area (Å²) in [5.41, 5.74) is 6.42. The molecule has 1 amide bonds. The van der Waals surface area contributed by atoms with Crippen LogP contribution in [0.5, 0.6) is 0 Å². The Morgan fingerprint density at radius 1 is 0.905 bits per heavy atom. The predicted molar refractivity (Wildman–Crippen MR) is 155 cm³/mol. The molecule has 5 aromatic rings. The van der Waals surface area contributed by atoms with Crippen molar-refractivity contribution in [1.29, 1.82) is 0 Å². The fraction of sp³-hybridized carbons (Fsp3) is 0.176. The highest BCUT2D eigenvalue weighted by Gasteiger charge is 2.32. The third-order valence-electron chi connectivity index (χ3n) is 8.00. The minimum absolute atomic E-state index is 0.0291. The van der Waals surface area contributed by atoms with Gasteiger partial charge in [0.1, 0.15) is 12.6 Å². The molecule has 0 bridgehead atoms. The molecule has 0 unspecified atom stereocenters. The van der Waals surface area contributed by atoms with Crippen LogP contribution in [0.2, 0.25) is 0 Å². The number of carboxylic acids is 1. The fourth-order valence-electron chi connectivity index (χ4n) is 5.87. The van der Waals surface area contributed by atoms with Gasteiger partial charge in [0.05, 0.1) is 0 Å². The van der Waals surface area contributed by atoms with Crippen molar-refractivity contribution in [3.63, 3.8) is 0 Å². The molecular weight excluding hydrogens is 538 g/mol. The number of aromatic nitrogens is 1. The van der Waals surface area contributed by atoms with Crippen LogP contribution in [-0.2, 0) is 22.5 Å². The topological polar surface area (TPSA) is 71.8 Å². The Kier molecular flexibility index (Phi) is 7.20. The molecule has 0 aliphatic heterocycles. The van der Waals surface area contributed by atoms with Gasteiger partial charge in [-0.15, -0.1) is 0 Å². The molecule has 0 radical (unpaired) electrons. The van der Waals surface area contributed by atoms with E-state index in [1.54, 1.807) is 6.20 Å². The molecule has 1 aromatic heterocycles. The number of para-hydroxylation sites is 1. The van der Waals surface area contributed by atoms with Crippen LogP contribution in [-0.4, -0.2) is 46.3 Å². The highest BCUT2D eigenvalue weighted by Crippen LogP contribution is 2.44. The molecule has 0 saturated carbocycles. The average Bonchev–Trinajstić information content (AvgIpc) is 3.51. The summed E-state index contributed by atoms with van der Waals surface area (Å²) in [6, 6.07) is 26.0. The molecule has 1 atom stereocenters. The van der Waals surface area contributed by atoms with Gasteiger partial charge in [-0.1, -0.05) is 72.8 Å². The van der Waals surface area contributed by atoms with Crippen LogP contribution < -0.4 is 0 Å². The van der Waals surface area contributed by atoms with E-state index in [1.807, 2.05) is 77.4 Å². The Morgan fingerprint density at radius 2 is 1.55 bits per heavy atom. The molecule has 1 aliphatic carbocycles. The van der Waals surface area contributed by atoms with Gasteiger partial charge in [0, 0.05) is 43.0 Å². The van der Waals surface area contributed by atoms with Crippen LogP contribution in [0.15, 0.2) is 97.2 Å². The molecule has 0 fully saturated rings. The van der Waals surface area contributed by atoms with Crippen LogP contribution in [0.3, 0.4) is 0 Å². The fourth-order valence-corrected chi connectivity index (χ4v) is 5.87. The van der Waals surface area contributed by atoms with E-state index in [1.165, 1.54) is 13.1 Å². The largest absolute Gasteiger partial charge is 0.480 e. The van der Waals surface area contributed by atoms with E-state index in [9.17, 15) is 23.5 Å². The molecule has 1 N–H and O–H groups in total. The monoisotopic (exact) mass is 566 g/mol. The van der Waals surface area contributed by atoms with E-state index in [4.69, 9.17) is 4.74 Å². The third kappa shape index (κ3) is 5.00. The van der Waals surface area contributed by atoms with Gasteiger partial charge in [0.15, 0.2) is 11.6 Å². The van der Waals surface area contributed by atoms with Gasteiger partial charge in [0.2, 0.25) is 0 Å². The minimum Gasteiger partial charge on any atom is -0.480 e. The maximum atomic E-state index is 13.8. The first-order chi connectivity index (χ1) is 20.3.